The highest BCUT2D eigenvalue weighted by molar-refractivity contribution is 7.13. The smallest absolute Gasteiger partial charge is 0.290 e. The summed E-state index contributed by atoms with van der Waals surface area (Å²) in [5, 5.41) is 5.99. The molecule has 0 saturated carbocycles. The summed E-state index contributed by atoms with van der Waals surface area (Å²) in [6, 6.07) is 8.71. The van der Waals surface area contributed by atoms with Crippen LogP contribution in [0.2, 0.25) is 0 Å². The number of furan rings is 1. The summed E-state index contributed by atoms with van der Waals surface area (Å²) in [5.74, 6) is -0.181. The highest BCUT2D eigenvalue weighted by atomic mass is 32.1. The number of thiazole rings is 1. The van der Waals surface area contributed by atoms with E-state index in [-0.39, 0.29) is 17.6 Å². The number of likely N-dealkylation sites (tertiary alicyclic amines) is 1. The van der Waals surface area contributed by atoms with E-state index in [1.165, 1.54) is 11.3 Å². The van der Waals surface area contributed by atoms with Gasteiger partial charge in [0.05, 0.1) is 0 Å². The SMILES string of the molecule is O=C(Nc1nccs1)[C@H]1CCCN1C(=O)c1cc2ccccc2o1. The molecule has 7 heteroatoms. The van der Waals surface area contributed by atoms with Crippen LogP contribution in [0.5, 0.6) is 0 Å². The number of nitrogens with one attached hydrogen (secondary N) is 1. The van der Waals surface area contributed by atoms with Gasteiger partial charge in [-0.3, -0.25) is 9.59 Å². The first-order chi connectivity index (χ1) is 11.7. The molecule has 1 N–H and O–H groups in total. The number of carbonyl (C=O) groups excluding carboxylic acids is 2. The van der Waals surface area contributed by atoms with Crippen molar-refractivity contribution < 1.29 is 14.0 Å². The second-order valence-corrected chi connectivity index (χ2v) is 6.53. The molecule has 122 valence electrons. The van der Waals surface area contributed by atoms with Crippen molar-refractivity contribution in [3.8, 4) is 0 Å². The van der Waals surface area contributed by atoms with Crippen LogP contribution in [-0.2, 0) is 4.79 Å². The largest absolute Gasteiger partial charge is 0.451 e. The predicted octanol–water partition coefficient (Wildman–Crippen LogP) is 3.13. The van der Waals surface area contributed by atoms with Gasteiger partial charge in [0, 0.05) is 23.5 Å². The van der Waals surface area contributed by atoms with Crippen LogP contribution in [0, 0.1) is 0 Å². The Hall–Kier alpha value is -2.67. The molecule has 1 aliphatic heterocycles. The second-order valence-electron chi connectivity index (χ2n) is 5.63. The summed E-state index contributed by atoms with van der Waals surface area (Å²) in [6.45, 7) is 0.547. The Bertz CT molecular complexity index is 855. The molecule has 0 radical (unpaired) electrons. The summed E-state index contributed by atoms with van der Waals surface area (Å²) in [7, 11) is 0. The van der Waals surface area contributed by atoms with Gasteiger partial charge >= 0.3 is 0 Å². The molecular formula is C17H15N3O3S. The van der Waals surface area contributed by atoms with E-state index in [4.69, 9.17) is 4.42 Å². The van der Waals surface area contributed by atoms with Crippen LogP contribution in [0.25, 0.3) is 11.0 Å². The van der Waals surface area contributed by atoms with Crippen LogP contribution < -0.4 is 5.32 Å². The molecule has 1 aliphatic rings. The van der Waals surface area contributed by atoms with Crippen LogP contribution >= 0.6 is 11.3 Å². The quantitative estimate of drug-likeness (QED) is 0.794. The number of carbonyl (C=O) groups is 2. The molecular weight excluding hydrogens is 326 g/mol. The van der Waals surface area contributed by atoms with E-state index in [0.29, 0.717) is 23.7 Å². The summed E-state index contributed by atoms with van der Waals surface area (Å²) in [4.78, 5) is 30.9. The van der Waals surface area contributed by atoms with Crippen molar-refractivity contribution in [1.82, 2.24) is 9.88 Å². The van der Waals surface area contributed by atoms with Gasteiger partial charge in [-0.2, -0.15) is 0 Å². The molecule has 1 aromatic carbocycles. The van der Waals surface area contributed by atoms with Gasteiger partial charge in [0.15, 0.2) is 10.9 Å². The Morgan fingerprint density at radius 2 is 2.21 bits per heavy atom. The molecule has 2 amide bonds. The first-order valence-electron chi connectivity index (χ1n) is 7.72. The van der Waals surface area contributed by atoms with Crippen molar-refractivity contribution >= 4 is 39.3 Å². The van der Waals surface area contributed by atoms with Crippen molar-refractivity contribution in [3.05, 3.63) is 47.7 Å². The molecule has 0 unspecified atom stereocenters. The Balaban J connectivity index is 1.55. The van der Waals surface area contributed by atoms with Crippen LogP contribution in [0.15, 0.2) is 46.3 Å². The molecule has 24 heavy (non-hydrogen) atoms. The summed E-state index contributed by atoms with van der Waals surface area (Å²) in [5.41, 5.74) is 0.670. The number of hydrogen-bond donors (Lipinski definition) is 1. The van der Waals surface area contributed by atoms with E-state index in [9.17, 15) is 9.59 Å². The Labute approximate surface area is 142 Å². The molecule has 4 rings (SSSR count). The van der Waals surface area contributed by atoms with Crippen LogP contribution in [0.3, 0.4) is 0 Å². The lowest BCUT2D eigenvalue weighted by Gasteiger charge is -2.22. The minimum Gasteiger partial charge on any atom is -0.451 e. The fraction of sp³-hybridized carbons (Fsp3) is 0.235. The third kappa shape index (κ3) is 2.67. The average Bonchev–Trinajstić information content (AvgIpc) is 3.33. The molecule has 1 fully saturated rings. The molecule has 3 aromatic rings. The van der Waals surface area contributed by atoms with Gasteiger partial charge in [0.1, 0.15) is 11.6 Å². The van der Waals surface area contributed by atoms with Gasteiger partial charge in [-0.1, -0.05) is 18.2 Å². The van der Waals surface area contributed by atoms with Gasteiger partial charge in [-0.05, 0) is 25.0 Å². The lowest BCUT2D eigenvalue weighted by Crippen LogP contribution is -2.43. The first kappa shape index (κ1) is 14.9. The number of aromatic nitrogens is 1. The van der Waals surface area contributed by atoms with Gasteiger partial charge in [0.2, 0.25) is 5.91 Å². The van der Waals surface area contributed by atoms with E-state index in [1.807, 2.05) is 24.3 Å². The molecule has 1 saturated heterocycles. The minimum absolute atomic E-state index is 0.202. The third-order valence-corrected chi connectivity index (χ3v) is 4.80. The van der Waals surface area contributed by atoms with Crippen LogP contribution in [0.1, 0.15) is 23.4 Å². The zero-order valence-corrected chi connectivity index (χ0v) is 13.6. The fourth-order valence-corrected chi connectivity index (χ4v) is 3.52. The minimum atomic E-state index is -0.491. The monoisotopic (exact) mass is 341 g/mol. The molecule has 0 spiro atoms. The summed E-state index contributed by atoms with van der Waals surface area (Å²) in [6.07, 6.45) is 3.07. The molecule has 3 heterocycles. The average molecular weight is 341 g/mol. The van der Waals surface area contributed by atoms with Crippen LogP contribution in [0.4, 0.5) is 5.13 Å². The Morgan fingerprint density at radius 1 is 1.33 bits per heavy atom. The maximum Gasteiger partial charge on any atom is 0.290 e. The Morgan fingerprint density at radius 3 is 3.00 bits per heavy atom. The number of nitrogens with zero attached hydrogens (tertiary/aromatic N) is 2. The lowest BCUT2D eigenvalue weighted by molar-refractivity contribution is -0.119. The fourth-order valence-electron chi connectivity index (χ4n) is 2.99. The predicted molar refractivity (Wildman–Crippen MR) is 91.0 cm³/mol. The lowest BCUT2D eigenvalue weighted by atomic mass is 10.2. The van der Waals surface area contributed by atoms with Crippen molar-refractivity contribution in [2.45, 2.75) is 18.9 Å². The van der Waals surface area contributed by atoms with Crippen molar-refractivity contribution in [2.75, 3.05) is 11.9 Å². The van der Waals surface area contributed by atoms with Crippen LogP contribution in [-0.4, -0.2) is 34.3 Å². The van der Waals surface area contributed by atoms with E-state index in [0.717, 1.165) is 11.8 Å². The highest BCUT2D eigenvalue weighted by Crippen LogP contribution is 2.25. The van der Waals surface area contributed by atoms with E-state index >= 15 is 0 Å². The number of benzene rings is 1. The number of hydrogen-bond acceptors (Lipinski definition) is 5. The van der Waals surface area contributed by atoms with Crippen molar-refractivity contribution in [3.63, 3.8) is 0 Å². The first-order valence-corrected chi connectivity index (χ1v) is 8.60. The molecule has 0 aliphatic carbocycles. The number of rotatable bonds is 3. The summed E-state index contributed by atoms with van der Waals surface area (Å²) >= 11 is 1.35. The standard InChI is InChI=1S/C17H15N3O3S/c21-15(19-17-18-7-9-24-17)12-5-3-8-20(12)16(22)14-10-11-4-1-2-6-13(11)23-14/h1-2,4,6-7,9-10,12H,3,5,8H2,(H,18,19,21)/t12-/m1/s1. The number of fused-ring (bicyclic) bond motifs is 1. The number of anilines is 1. The molecule has 6 nitrogen and oxygen atoms in total. The maximum absolute atomic E-state index is 12.8. The van der Waals surface area contributed by atoms with Crippen molar-refractivity contribution in [1.29, 1.82) is 0 Å². The van der Waals surface area contributed by atoms with Gasteiger partial charge in [0.25, 0.3) is 5.91 Å². The number of amides is 2. The normalized spacial score (nSPS) is 17.3. The second kappa shape index (κ2) is 6.09. The Kier molecular flexibility index (Phi) is 3.78. The number of para-hydroxylation sites is 1. The van der Waals surface area contributed by atoms with E-state index in [2.05, 4.69) is 10.3 Å². The molecule has 1 atom stereocenters. The highest BCUT2D eigenvalue weighted by Gasteiger charge is 2.36. The zero-order valence-electron chi connectivity index (χ0n) is 12.8. The van der Waals surface area contributed by atoms with Crippen molar-refractivity contribution in [2.24, 2.45) is 0 Å². The van der Waals surface area contributed by atoms with E-state index in [1.54, 1.807) is 22.5 Å². The summed E-state index contributed by atoms with van der Waals surface area (Å²) < 4.78 is 5.64. The van der Waals surface area contributed by atoms with Gasteiger partial charge in [-0.15, -0.1) is 11.3 Å². The topological polar surface area (TPSA) is 75.4 Å². The molecule has 2 aromatic heterocycles. The van der Waals surface area contributed by atoms with E-state index < -0.39 is 6.04 Å². The zero-order chi connectivity index (χ0) is 16.5. The van der Waals surface area contributed by atoms with Gasteiger partial charge < -0.3 is 14.6 Å². The third-order valence-electron chi connectivity index (χ3n) is 4.12. The van der Waals surface area contributed by atoms with Gasteiger partial charge in [-0.25, -0.2) is 4.98 Å². The molecule has 0 bridgehead atoms. The maximum atomic E-state index is 12.8.